The number of rotatable bonds is 10. The summed E-state index contributed by atoms with van der Waals surface area (Å²) in [6, 6.07) is 6.08. The highest BCUT2D eigenvalue weighted by molar-refractivity contribution is 5.93. The molecule has 2 N–H and O–H groups in total. The number of nitrogens with zero attached hydrogens (tertiary/aromatic N) is 1. The Morgan fingerprint density at radius 3 is 1.89 bits per heavy atom. The predicted molar refractivity (Wildman–Crippen MR) is 146 cm³/mol. The maximum absolute atomic E-state index is 14.2. The van der Waals surface area contributed by atoms with Crippen LogP contribution in [0.5, 0.6) is 0 Å². The lowest BCUT2D eigenvalue weighted by Gasteiger charge is -2.44. The van der Waals surface area contributed by atoms with Gasteiger partial charge >= 0.3 is 6.09 Å². The fraction of sp³-hybridized carbons (Fsp3) is 0.690. The van der Waals surface area contributed by atoms with Crippen molar-refractivity contribution in [2.75, 3.05) is 0 Å². The number of amides is 3. The molecule has 0 bridgehead atoms. The molecule has 36 heavy (non-hydrogen) atoms. The molecule has 3 amide bonds. The molecule has 0 aliphatic carbocycles. The molecule has 3 unspecified atom stereocenters. The van der Waals surface area contributed by atoms with Gasteiger partial charge < -0.3 is 20.3 Å². The summed E-state index contributed by atoms with van der Waals surface area (Å²) in [5, 5.41) is 5.88. The average molecular weight is 504 g/mol. The smallest absolute Gasteiger partial charge is 0.408 e. The van der Waals surface area contributed by atoms with Crippen LogP contribution >= 0.6 is 0 Å². The Kier molecular flexibility index (Phi) is 11.5. The minimum Gasteiger partial charge on any atom is -0.444 e. The Balaban J connectivity index is 3.55. The fourth-order valence-corrected chi connectivity index (χ4v) is 4.12. The molecule has 0 aromatic heterocycles. The lowest BCUT2D eigenvalue weighted by molar-refractivity contribution is -0.149. The van der Waals surface area contributed by atoms with Gasteiger partial charge in [-0.3, -0.25) is 9.59 Å². The summed E-state index contributed by atoms with van der Waals surface area (Å²) in [5.74, 6) is -0.783. The summed E-state index contributed by atoms with van der Waals surface area (Å²) in [4.78, 5) is 42.2. The normalized spacial score (nSPS) is 14.6. The zero-order valence-electron chi connectivity index (χ0n) is 24.3. The number of hydrogen-bond acceptors (Lipinski definition) is 4. The fourth-order valence-electron chi connectivity index (χ4n) is 4.12. The molecule has 0 fully saturated rings. The Morgan fingerprint density at radius 2 is 1.47 bits per heavy atom. The van der Waals surface area contributed by atoms with Gasteiger partial charge in [-0.2, -0.15) is 0 Å². The molecule has 0 aliphatic rings. The first-order valence-corrected chi connectivity index (χ1v) is 13.2. The zero-order valence-corrected chi connectivity index (χ0v) is 24.3. The molecule has 0 radical (unpaired) electrons. The van der Waals surface area contributed by atoms with E-state index in [1.807, 2.05) is 65.8 Å². The molecule has 7 nitrogen and oxygen atoms in total. The van der Waals surface area contributed by atoms with E-state index in [9.17, 15) is 14.4 Å². The number of nitrogens with one attached hydrogen (secondary N) is 2. The van der Waals surface area contributed by atoms with Gasteiger partial charge in [0.05, 0.1) is 0 Å². The van der Waals surface area contributed by atoms with E-state index < -0.39 is 29.3 Å². The molecule has 0 spiro atoms. The van der Waals surface area contributed by atoms with E-state index in [2.05, 4.69) is 24.5 Å². The topological polar surface area (TPSA) is 87.7 Å². The van der Waals surface area contributed by atoms with E-state index in [4.69, 9.17) is 4.74 Å². The number of benzene rings is 1. The summed E-state index contributed by atoms with van der Waals surface area (Å²) in [5.41, 5.74) is 0.477. The average Bonchev–Trinajstić information content (AvgIpc) is 2.73. The Hall–Kier alpha value is -2.57. The third kappa shape index (κ3) is 9.47. The molecule has 0 heterocycles. The van der Waals surface area contributed by atoms with Crippen LogP contribution in [0, 0.1) is 5.92 Å². The van der Waals surface area contributed by atoms with Crippen LogP contribution in [0.4, 0.5) is 4.79 Å². The summed E-state index contributed by atoms with van der Waals surface area (Å²) in [6.45, 7) is 20.9. The van der Waals surface area contributed by atoms with E-state index in [1.54, 1.807) is 25.7 Å². The van der Waals surface area contributed by atoms with E-state index in [0.29, 0.717) is 0 Å². The minimum absolute atomic E-state index is 0.0300. The molecular formula is C29H49N3O4. The maximum atomic E-state index is 14.2. The Morgan fingerprint density at radius 1 is 0.917 bits per heavy atom. The number of ether oxygens (including phenoxy) is 1. The van der Waals surface area contributed by atoms with Crippen molar-refractivity contribution in [1.82, 2.24) is 15.5 Å². The second-order valence-corrected chi connectivity index (χ2v) is 11.9. The molecule has 1 rings (SSSR count). The molecule has 7 heteroatoms. The van der Waals surface area contributed by atoms with Crippen molar-refractivity contribution >= 4 is 17.9 Å². The highest BCUT2D eigenvalue weighted by Gasteiger charge is 2.42. The van der Waals surface area contributed by atoms with Crippen LogP contribution < -0.4 is 10.6 Å². The number of hydrogen-bond donors (Lipinski definition) is 2. The third-order valence-electron chi connectivity index (χ3n) is 5.89. The van der Waals surface area contributed by atoms with Gasteiger partial charge in [0.2, 0.25) is 11.8 Å². The van der Waals surface area contributed by atoms with Crippen LogP contribution in [-0.2, 0) is 20.7 Å². The molecular weight excluding hydrogens is 454 g/mol. The Labute approximate surface area is 218 Å². The SMILES string of the molecule is CCCC(C)NC(=O)C(c1ccc(CC)cc1)N(C(=O)C(NC(=O)OC(C)(C)C)C(C)C)C(C)(C)C. The standard InChI is InChI=1S/C29H49N3O4/c1-12-14-20(5)30-25(33)24(22-17-15-21(13-2)16-18-22)32(28(6,7)8)26(34)23(19(3)4)31-27(35)36-29(9,10)11/h15-20,23-24H,12-14H2,1-11H3,(H,30,33)(H,31,35). The highest BCUT2D eigenvalue weighted by Crippen LogP contribution is 2.31. The predicted octanol–water partition coefficient (Wildman–Crippen LogP) is 5.77. The van der Waals surface area contributed by atoms with Gasteiger partial charge in [0.25, 0.3) is 0 Å². The van der Waals surface area contributed by atoms with Crippen molar-refractivity contribution in [1.29, 1.82) is 0 Å². The second-order valence-electron chi connectivity index (χ2n) is 11.9. The number of alkyl carbamates (subject to hydrolysis) is 1. The van der Waals surface area contributed by atoms with Gasteiger partial charge in [-0.05, 0) is 78.4 Å². The van der Waals surface area contributed by atoms with E-state index in [-0.39, 0.29) is 23.8 Å². The molecule has 204 valence electrons. The number of carbonyl (C=O) groups is 3. The highest BCUT2D eigenvalue weighted by atomic mass is 16.6. The lowest BCUT2D eigenvalue weighted by Crippen LogP contribution is -2.60. The van der Waals surface area contributed by atoms with Crippen LogP contribution in [0.25, 0.3) is 0 Å². The van der Waals surface area contributed by atoms with Gasteiger partial charge in [0.1, 0.15) is 17.7 Å². The van der Waals surface area contributed by atoms with Crippen LogP contribution in [-0.4, -0.2) is 46.0 Å². The molecule has 1 aromatic rings. The van der Waals surface area contributed by atoms with E-state index in [0.717, 1.165) is 30.4 Å². The summed E-state index contributed by atoms with van der Waals surface area (Å²) in [6.07, 6.45) is 2.00. The summed E-state index contributed by atoms with van der Waals surface area (Å²) in [7, 11) is 0. The third-order valence-corrected chi connectivity index (χ3v) is 5.89. The van der Waals surface area contributed by atoms with Crippen LogP contribution in [0.1, 0.15) is 106 Å². The number of carbonyl (C=O) groups excluding carboxylic acids is 3. The minimum atomic E-state index is -0.864. The van der Waals surface area contributed by atoms with Crippen molar-refractivity contribution < 1.29 is 19.1 Å². The zero-order chi connectivity index (χ0) is 27.8. The van der Waals surface area contributed by atoms with Gasteiger partial charge in [0, 0.05) is 11.6 Å². The van der Waals surface area contributed by atoms with Crippen molar-refractivity contribution in [3.05, 3.63) is 35.4 Å². The van der Waals surface area contributed by atoms with Crippen molar-refractivity contribution in [3.63, 3.8) is 0 Å². The number of aryl methyl sites for hydroxylation is 1. The second kappa shape index (κ2) is 13.1. The van der Waals surface area contributed by atoms with Crippen LogP contribution in [0.2, 0.25) is 0 Å². The summed E-state index contributed by atoms with van der Waals surface area (Å²) < 4.78 is 5.43. The molecule has 0 aliphatic heterocycles. The van der Waals surface area contributed by atoms with Crippen molar-refractivity contribution in [2.24, 2.45) is 5.92 Å². The largest absolute Gasteiger partial charge is 0.444 e. The molecule has 0 saturated carbocycles. The van der Waals surface area contributed by atoms with Gasteiger partial charge in [-0.25, -0.2) is 4.79 Å². The first-order valence-electron chi connectivity index (χ1n) is 13.2. The first kappa shape index (κ1) is 31.5. The maximum Gasteiger partial charge on any atom is 0.408 e. The van der Waals surface area contributed by atoms with Crippen LogP contribution in [0.15, 0.2) is 24.3 Å². The lowest BCUT2D eigenvalue weighted by atomic mass is 9.92. The van der Waals surface area contributed by atoms with E-state index >= 15 is 0 Å². The van der Waals surface area contributed by atoms with Gasteiger partial charge in [-0.1, -0.05) is 58.4 Å². The van der Waals surface area contributed by atoms with Gasteiger partial charge in [-0.15, -0.1) is 0 Å². The molecule has 1 aromatic carbocycles. The summed E-state index contributed by atoms with van der Waals surface area (Å²) >= 11 is 0. The van der Waals surface area contributed by atoms with Crippen molar-refractivity contribution in [3.8, 4) is 0 Å². The monoisotopic (exact) mass is 503 g/mol. The van der Waals surface area contributed by atoms with Crippen molar-refractivity contribution in [2.45, 2.75) is 125 Å². The van der Waals surface area contributed by atoms with E-state index in [1.165, 1.54) is 0 Å². The quantitative estimate of drug-likeness (QED) is 0.424. The van der Waals surface area contributed by atoms with Gasteiger partial charge in [0.15, 0.2) is 0 Å². The first-order chi connectivity index (χ1) is 16.5. The molecule has 3 atom stereocenters. The van der Waals surface area contributed by atoms with Crippen LogP contribution in [0.3, 0.4) is 0 Å². The molecule has 0 saturated heterocycles. The Bertz CT molecular complexity index is 866.